The SMILES string of the molecule is CCS(=O)(=O)Nc1ccc(C(=O)CCCCl)cc1. The first-order valence-electron chi connectivity index (χ1n) is 5.68. The molecular weight excluding hydrogens is 274 g/mol. The number of alkyl halides is 1. The minimum absolute atomic E-state index is 0.0144. The first-order valence-corrected chi connectivity index (χ1v) is 7.87. The second kappa shape index (κ2) is 6.75. The van der Waals surface area contributed by atoms with Gasteiger partial charge >= 0.3 is 0 Å². The Labute approximate surface area is 112 Å². The van der Waals surface area contributed by atoms with E-state index in [4.69, 9.17) is 11.6 Å². The number of hydrogen-bond acceptors (Lipinski definition) is 3. The highest BCUT2D eigenvalue weighted by Gasteiger charge is 2.08. The molecule has 0 saturated heterocycles. The summed E-state index contributed by atoms with van der Waals surface area (Å²) in [4.78, 5) is 11.7. The van der Waals surface area contributed by atoms with E-state index in [0.29, 0.717) is 30.0 Å². The lowest BCUT2D eigenvalue weighted by Crippen LogP contribution is -2.14. The summed E-state index contributed by atoms with van der Waals surface area (Å²) in [6.07, 6.45) is 1.05. The Morgan fingerprint density at radius 2 is 1.89 bits per heavy atom. The van der Waals surface area contributed by atoms with Crippen LogP contribution in [0, 0.1) is 0 Å². The average Bonchev–Trinajstić information content (AvgIpc) is 2.36. The number of hydrogen-bond donors (Lipinski definition) is 1. The van der Waals surface area contributed by atoms with Crippen LogP contribution in [0.1, 0.15) is 30.1 Å². The molecule has 0 amide bonds. The van der Waals surface area contributed by atoms with Crippen molar-refractivity contribution in [3.63, 3.8) is 0 Å². The fraction of sp³-hybridized carbons (Fsp3) is 0.417. The first-order chi connectivity index (χ1) is 8.48. The van der Waals surface area contributed by atoms with Crippen molar-refractivity contribution in [3.05, 3.63) is 29.8 Å². The third kappa shape index (κ3) is 4.66. The zero-order valence-electron chi connectivity index (χ0n) is 10.1. The van der Waals surface area contributed by atoms with Crippen molar-refractivity contribution in [2.45, 2.75) is 19.8 Å². The number of nitrogens with one attached hydrogen (secondary N) is 1. The minimum Gasteiger partial charge on any atom is -0.294 e. The summed E-state index contributed by atoms with van der Waals surface area (Å²) in [6.45, 7) is 1.56. The van der Waals surface area contributed by atoms with Crippen LogP contribution in [0.15, 0.2) is 24.3 Å². The van der Waals surface area contributed by atoms with Crippen LogP contribution in [0.3, 0.4) is 0 Å². The number of carbonyl (C=O) groups excluding carboxylic acids is 1. The first kappa shape index (κ1) is 15.0. The highest BCUT2D eigenvalue weighted by atomic mass is 35.5. The second-order valence-corrected chi connectivity index (χ2v) is 6.19. The Kier molecular flexibility index (Phi) is 5.62. The normalized spacial score (nSPS) is 11.2. The number of Topliss-reactive ketones (excluding diaryl/α,β-unsaturated/α-hetero) is 1. The Morgan fingerprint density at radius 3 is 2.39 bits per heavy atom. The van der Waals surface area contributed by atoms with Gasteiger partial charge in [0.15, 0.2) is 5.78 Å². The summed E-state index contributed by atoms with van der Waals surface area (Å²) in [6, 6.07) is 6.40. The number of benzene rings is 1. The molecule has 1 N–H and O–H groups in total. The van der Waals surface area contributed by atoms with Gasteiger partial charge in [-0.25, -0.2) is 8.42 Å². The third-order valence-electron chi connectivity index (χ3n) is 2.40. The van der Waals surface area contributed by atoms with Crippen LogP contribution in [0.5, 0.6) is 0 Å². The quantitative estimate of drug-likeness (QED) is 0.620. The molecule has 0 radical (unpaired) electrons. The van der Waals surface area contributed by atoms with Gasteiger partial charge in [-0.3, -0.25) is 9.52 Å². The van der Waals surface area contributed by atoms with Crippen molar-refractivity contribution < 1.29 is 13.2 Å². The lowest BCUT2D eigenvalue weighted by Gasteiger charge is -2.06. The maximum atomic E-state index is 11.7. The van der Waals surface area contributed by atoms with E-state index in [0.717, 1.165) is 0 Å². The zero-order valence-corrected chi connectivity index (χ0v) is 11.7. The van der Waals surface area contributed by atoms with Crippen LogP contribution < -0.4 is 4.72 Å². The van der Waals surface area contributed by atoms with E-state index in [9.17, 15) is 13.2 Å². The van der Waals surface area contributed by atoms with Gasteiger partial charge in [0.25, 0.3) is 0 Å². The molecule has 0 atom stereocenters. The highest BCUT2D eigenvalue weighted by molar-refractivity contribution is 7.92. The van der Waals surface area contributed by atoms with Gasteiger partial charge in [-0.1, -0.05) is 0 Å². The Bertz CT molecular complexity index is 497. The molecule has 100 valence electrons. The Morgan fingerprint density at radius 1 is 1.28 bits per heavy atom. The van der Waals surface area contributed by atoms with E-state index in [-0.39, 0.29) is 11.5 Å². The molecule has 0 fully saturated rings. The largest absolute Gasteiger partial charge is 0.294 e. The van der Waals surface area contributed by atoms with Crippen LogP contribution in [0.2, 0.25) is 0 Å². The van der Waals surface area contributed by atoms with Crippen molar-refractivity contribution in [2.24, 2.45) is 0 Å². The maximum absolute atomic E-state index is 11.7. The number of ketones is 1. The molecule has 1 rings (SSSR count). The van der Waals surface area contributed by atoms with Crippen LogP contribution in [0.4, 0.5) is 5.69 Å². The number of rotatable bonds is 7. The molecule has 0 aliphatic rings. The predicted molar refractivity (Wildman–Crippen MR) is 73.8 cm³/mol. The van der Waals surface area contributed by atoms with Gasteiger partial charge in [0.2, 0.25) is 10.0 Å². The van der Waals surface area contributed by atoms with Gasteiger partial charge in [0.05, 0.1) is 5.75 Å². The van der Waals surface area contributed by atoms with Crippen molar-refractivity contribution in [1.82, 2.24) is 0 Å². The van der Waals surface area contributed by atoms with Crippen molar-refractivity contribution >= 4 is 33.1 Å². The topological polar surface area (TPSA) is 63.2 Å². The molecular formula is C12H16ClNO3S. The number of sulfonamides is 1. The second-order valence-electron chi connectivity index (χ2n) is 3.80. The smallest absolute Gasteiger partial charge is 0.232 e. The Hall–Kier alpha value is -1.07. The summed E-state index contributed by atoms with van der Waals surface area (Å²) in [5.41, 5.74) is 1.03. The molecule has 0 aliphatic carbocycles. The number of halogens is 1. The lowest BCUT2D eigenvalue weighted by atomic mass is 10.1. The van der Waals surface area contributed by atoms with Crippen LogP contribution in [-0.2, 0) is 10.0 Å². The highest BCUT2D eigenvalue weighted by Crippen LogP contribution is 2.13. The van der Waals surface area contributed by atoms with E-state index in [2.05, 4.69) is 4.72 Å². The summed E-state index contributed by atoms with van der Waals surface area (Å²) < 4.78 is 25.1. The zero-order chi connectivity index (χ0) is 13.6. The monoisotopic (exact) mass is 289 g/mol. The molecule has 0 heterocycles. The summed E-state index contributed by atoms with van der Waals surface area (Å²) in [5, 5.41) is 0. The maximum Gasteiger partial charge on any atom is 0.232 e. The number of anilines is 1. The molecule has 1 aromatic rings. The van der Waals surface area contributed by atoms with Gasteiger partial charge in [0.1, 0.15) is 0 Å². The third-order valence-corrected chi connectivity index (χ3v) is 3.97. The van der Waals surface area contributed by atoms with E-state index in [1.54, 1.807) is 31.2 Å². The van der Waals surface area contributed by atoms with Crippen LogP contribution >= 0.6 is 11.6 Å². The predicted octanol–water partition coefficient (Wildman–Crippen LogP) is 2.65. The number of carbonyl (C=O) groups is 1. The molecule has 0 spiro atoms. The van der Waals surface area contributed by atoms with E-state index < -0.39 is 10.0 Å². The summed E-state index contributed by atoms with van der Waals surface area (Å²) in [7, 11) is -3.27. The van der Waals surface area contributed by atoms with Gasteiger partial charge < -0.3 is 0 Å². The average molecular weight is 290 g/mol. The molecule has 1 aromatic carbocycles. The molecule has 0 aromatic heterocycles. The summed E-state index contributed by atoms with van der Waals surface area (Å²) in [5.74, 6) is 0.490. The molecule has 0 unspecified atom stereocenters. The molecule has 0 saturated carbocycles. The molecule has 0 aliphatic heterocycles. The van der Waals surface area contributed by atoms with E-state index in [1.165, 1.54) is 0 Å². The van der Waals surface area contributed by atoms with Gasteiger partial charge in [-0.05, 0) is 37.6 Å². The molecule has 18 heavy (non-hydrogen) atoms. The van der Waals surface area contributed by atoms with Crippen LogP contribution in [-0.4, -0.2) is 25.8 Å². The van der Waals surface area contributed by atoms with Gasteiger partial charge in [0, 0.05) is 23.6 Å². The fourth-order valence-electron chi connectivity index (χ4n) is 1.35. The minimum atomic E-state index is -3.27. The lowest BCUT2D eigenvalue weighted by molar-refractivity contribution is 0.0982. The van der Waals surface area contributed by atoms with Crippen LogP contribution in [0.25, 0.3) is 0 Å². The van der Waals surface area contributed by atoms with Crippen molar-refractivity contribution in [3.8, 4) is 0 Å². The van der Waals surface area contributed by atoms with E-state index in [1.807, 2.05) is 0 Å². The molecule has 0 bridgehead atoms. The Balaban J connectivity index is 2.71. The van der Waals surface area contributed by atoms with E-state index >= 15 is 0 Å². The summed E-state index contributed by atoms with van der Waals surface area (Å²) >= 11 is 5.52. The fourth-order valence-corrected chi connectivity index (χ4v) is 2.12. The molecule has 6 heteroatoms. The van der Waals surface area contributed by atoms with Gasteiger partial charge in [-0.15, -0.1) is 11.6 Å². The molecule has 4 nitrogen and oxygen atoms in total. The van der Waals surface area contributed by atoms with Gasteiger partial charge in [-0.2, -0.15) is 0 Å². The van der Waals surface area contributed by atoms with Crippen molar-refractivity contribution in [2.75, 3.05) is 16.4 Å². The standard InChI is InChI=1S/C12H16ClNO3S/c1-2-18(16,17)14-11-7-5-10(6-8-11)12(15)4-3-9-13/h5-8,14H,2-4,9H2,1H3. The van der Waals surface area contributed by atoms with Crippen molar-refractivity contribution in [1.29, 1.82) is 0 Å².